The van der Waals surface area contributed by atoms with Crippen molar-refractivity contribution >= 4 is 5.71 Å². The van der Waals surface area contributed by atoms with Crippen LogP contribution in [0.15, 0.2) is 5.16 Å². The summed E-state index contributed by atoms with van der Waals surface area (Å²) in [5.41, 5.74) is 1.02. The van der Waals surface area contributed by atoms with Crippen LogP contribution < -0.4 is 0 Å². The van der Waals surface area contributed by atoms with E-state index in [9.17, 15) is 0 Å². The Kier molecular flexibility index (Phi) is 2.83. The molecule has 0 amide bonds. The molecule has 1 aliphatic carbocycles. The second-order valence-electron chi connectivity index (χ2n) is 4.10. The fourth-order valence-corrected chi connectivity index (χ4v) is 2.55. The third-order valence-electron chi connectivity index (χ3n) is 3.25. The quantitative estimate of drug-likeness (QED) is 0.496. The van der Waals surface area contributed by atoms with E-state index in [-0.39, 0.29) is 0 Å². The molecule has 0 radical (unpaired) electrons. The number of nitrogens with zero attached hydrogens (tertiary/aromatic N) is 2. The first-order chi connectivity index (χ1) is 6.42. The predicted octanol–water partition coefficient (Wildman–Crippen LogP) is 1.85. The van der Waals surface area contributed by atoms with Crippen LogP contribution in [-0.4, -0.2) is 35.0 Å². The number of hydrogen-bond donors (Lipinski definition) is 1. The lowest BCUT2D eigenvalue weighted by molar-refractivity contribution is 0.197. The van der Waals surface area contributed by atoms with Crippen molar-refractivity contribution in [3.63, 3.8) is 0 Å². The van der Waals surface area contributed by atoms with Gasteiger partial charge in [0.15, 0.2) is 0 Å². The molecule has 3 heteroatoms. The van der Waals surface area contributed by atoms with Crippen molar-refractivity contribution in [3.05, 3.63) is 0 Å². The molecule has 1 saturated carbocycles. The van der Waals surface area contributed by atoms with E-state index in [0.717, 1.165) is 12.1 Å². The highest BCUT2D eigenvalue weighted by atomic mass is 16.4. The highest BCUT2D eigenvalue weighted by Crippen LogP contribution is 2.24. The van der Waals surface area contributed by atoms with Crippen molar-refractivity contribution < 1.29 is 5.21 Å². The van der Waals surface area contributed by atoms with Crippen LogP contribution in [-0.2, 0) is 0 Å². The zero-order valence-corrected chi connectivity index (χ0v) is 8.08. The van der Waals surface area contributed by atoms with Crippen molar-refractivity contribution in [2.75, 3.05) is 13.1 Å². The van der Waals surface area contributed by atoms with E-state index in [2.05, 4.69) is 10.1 Å². The summed E-state index contributed by atoms with van der Waals surface area (Å²) < 4.78 is 0. The normalized spacial score (nSPS) is 34.2. The molecule has 1 atom stereocenters. The number of piperidine rings is 1. The maximum atomic E-state index is 8.83. The summed E-state index contributed by atoms with van der Waals surface area (Å²) in [6, 6.07) is 0.463. The van der Waals surface area contributed by atoms with Crippen molar-refractivity contribution in [2.45, 2.75) is 44.6 Å². The average molecular weight is 182 g/mol. The minimum Gasteiger partial charge on any atom is -0.411 e. The molecule has 0 spiro atoms. The van der Waals surface area contributed by atoms with Gasteiger partial charge in [0.1, 0.15) is 0 Å². The van der Waals surface area contributed by atoms with Gasteiger partial charge in [-0.15, -0.1) is 0 Å². The Morgan fingerprint density at radius 1 is 1.15 bits per heavy atom. The van der Waals surface area contributed by atoms with E-state index < -0.39 is 0 Å². The van der Waals surface area contributed by atoms with Crippen LogP contribution >= 0.6 is 0 Å². The Morgan fingerprint density at radius 3 is 2.62 bits per heavy atom. The van der Waals surface area contributed by atoms with Gasteiger partial charge in [-0.25, -0.2) is 0 Å². The number of likely N-dealkylation sites (tertiary alicyclic amines) is 1. The highest BCUT2D eigenvalue weighted by molar-refractivity contribution is 5.90. The second-order valence-corrected chi connectivity index (χ2v) is 4.10. The van der Waals surface area contributed by atoms with Gasteiger partial charge in [-0.05, 0) is 45.2 Å². The van der Waals surface area contributed by atoms with Gasteiger partial charge in [-0.3, -0.25) is 4.90 Å². The fourth-order valence-electron chi connectivity index (χ4n) is 2.55. The van der Waals surface area contributed by atoms with Gasteiger partial charge < -0.3 is 5.21 Å². The predicted molar refractivity (Wildman–Crippen MR) is 52.3 cm³/mol. The molecule has 2 rings (SSSR count). The molecule has 1 N–H and O–H groups in total. The minimum absolute atomic E-state index is 0.463. The minimum atomic E-state index is 0.463. The first-order valence-electron chi connectivity index (χ1n) is 5.36. The van der Waals surface area contributed by atoms with Crippen LogP contribution in [0, 0.1) is 0 Å². The maximum absolute atomic E-state index is 8.83. The van der Waals surface area contributed by atoms with E-state index in [0.29, 0.717) is 6.04 Å². The molecule has 2 aliphatic rings. The standard InChI is InChI=1S/C10H18N2O/c13-11-9-5-4-6-10(9)12-7-2-1-3-8-12/h10,13H,1-8H2/b11-9-/t10-/m0/s1. The molecule has 0 aromatic rings. The summed E-state index contributed by atoms with van der Waals surface area (Å²) >= 11 is 0. The Balaban J connectivity index is 1.98. The number of oxime groups is 1. The Hall–Kier alpha value is -0.570. The Labute approximate surface area is 79.4 Å². The van der Waals surface area contributed by atoms with Crippen molar-refractivity contribution in [3.8, 4) is 0 Å². The number of hydrogen-bond acceptors (Lipinski definition) is 3. The van der Waals surface area contributed by atoms with Crippen LogP contribution in [0.3, 0.4) is 0 Å². The largest absolute Gasteiger partial charge is 0.411 e. The third kappa shape index (κ3) is 1.85. The van der Waals surface area contributed by atoms with Crippen molar-refractivity contribution in [1.29, 1.82) is 0 Å². The van der Waals surface area contributed by atoms with Gasteiger partial charge in [0, 0.05) is 0 Å². The number of rotatable bonds is 1. The summed E-state index contributed by atoms with van der Waals surface area (Å²) in [6.45, 7) is 2.40. The lowest BCUT2D eigenvalue weighted by atomic mass is 10.1. The van der Waals surface area contributed by atoms with Crippen LogP contribution in [0.4, 0.5) is 0 Å². The Bertz CT molecular complexity index is 197. The summed E-state index contributed by atoms with van der Waals surface area (Å²) in [5.74, 6) is 0. The zero-order chi connectivity index (χ0) is 9.10. The molecular weight excluding hydrogens is 164 g/mol. The molecule has 3 nitrogen and oxygen atoms in total. The smallest absolute Gasteiger partial charge is 0.0742 e. The third-order valence-corrected chi connectivity index (χ3v) is 3.25. The molecule has 0 aromatic heterocycles. The van der Waals surface area contributed by atoms with Gasteiger partial charge in [0.05, 0.1) is 11.8 Å². The van der Waals surface area contributed by atoms with Gasteiger partial charge >= 0.3 is 0 Å². The van der Waals surface area contributed by atoms with Crippen LogP contribution in [0.1, 0.15) is 38.5 Å². The van der Waals surface area contributed by atoms with E-state index in [1.54, 1.807) is 0 Å². The zero-order valence-electron chi connectivity index (χ0n) is 8.08. The molecule has 13 heavy (non-hydrogen) atoms. The molecule has 0 aromatic carbocycles. The lowest BCUT2D eigenvalue weighted by Crippen LogP contribution is -2.41. The first-order valence-corrected chi connectivity index (χ1v) is 5.36. The van der Waals surface area contributed by atoms with Crippen LogP contribution in [0.25, 0.3) is 0 Å². The van der Waals surface area contributed by atoms with Crippen molar-refractivity contribution in [1.82, 2.24) is 4.90 Å². The van der Waals surface area contributed by atoms with E-state index in [4.69, 9.17) is 5.21 Å². The van der Waals surface area contributed by atoms with E-state index in [1.165, 1.54) is 45.2 Å². The lowest BCUT2D eigenvalue weighted by Gasteiger charge is -2.31. The van der Waals surface area contributed by atoms with Gasteiger partial charge in [0.25, 0.3) is 0 Å². The highest BCUT2D eigenvalue weighted by Gasteiger charge is 2.29. The van der Waals surface area contributed by atoms with Gasteiger partial charge in [0.2, 0.25) is 0 Å². The van der Waals surface area contributed by atoms with Gasteiger partial charge in [-0.2, -0.15) is 0 Å². The molecule has 0 unspecified atom stereocenters. The van der Waals surface area contributed by atoms with Crippen molar-refractivity contribution in [2.24, 2.45) is 5.16 Å². The molecule has 2 fully saturated rings. The summed E-state index contributed by atoms with van der Waals surface area (Å²) in [4.78, 5) is 2.49. The topological polar surface area (TPSA) is 35.8 Å². The fraction of sp³-hybridized carbons (Fsp3) is 0.900. The molecular formula is C10H18N2O. The molecule has 1 heterocycles. The van der Waals surface area contributed by atoms with Crippen LogP contribution in [0.5, 0.6) is 0 Å². The summed E-state index contributed by atoms with van der Waals surface area (Å²) in [7, 11) is 0. The first kappa shape index (κ1) is 9.00. The second kappa shape index (κ2) is 4.09. The maximum Gasteiger partial charge on any atom is 0.0742 e. The molecule has 0 bridgehead atoms. The van der Waals surface area contributed by atoms with Crippen LogP contribution in [0.2, 0.25) is 0 Å². The van der Waals surface area contributed by atoms with Gasteiger partial charge in [-0.1, -0.05) is 11.6 Å². The summed E-state index contributed by atoms with van der Waals surface area (Å²) in [5, 5.41) is 12.2. The molecule has 1 saturated heterocycles. The Morgan fingerprint density at radius 2 is 1.92 bits per heavy atom. The summed E-state index contributed by atoms with van der Waals surface area (Å²) in [6.07, 6.45) is 7.39. The molecule has 1 aliphatic heterocycles. The average Bonchev–Trinajstić information content (AvgIpc) is 2.67. The van der Waals surface area contributed by atoms with E-state index >= 15 is 0 Å². The SMILES string of the molecule is O/N=C1/CCC[C@@H]1N1CCCCC1. The monoisotopic (exact) mass is 182 g/mol. The molecule has 74 valence electrons. The van der Waals surface area contributed by atoms with E-state index in [1.807, 2.05) is 0 Å².